The minimum Gasteiger partial charge on any atom is -0.394 e. The van der Waals surface area contributed by atoms with Gasteiger partial charge in [0, 0.05) is 44.4 Å². The molecule has 4 rings (SSSR count). The summed E-state index contributed by atoms with van der Waals surface area (Å²) in [4.78, 5) is 28.6. The number of aryl methyl sites for hydroxylation is 1. The molecule has 9 nitrogen and oxygen atoms in total. The SMILES string of the molecule is Cc1cnc(N2CCC(ON=C3CCC(c4cc(F)c(NC(=O)N[C@H](C)CO)cc4F)CC3)CC2)nc1. The molecule has 2 heterocycles. The number of aliphatic hydroxyl groups excluding tert-OH is 1. The Kier molecular flexibility index (Phi) is 8.86. The molecule has 11 heteroatoms. The van der Waals surface area contributed by atoms with Crippen LogP contribution in [0.1, 0.15) is 62.5 Å². The number of urea groups is 1. The van der Waals surface area contributed by atoms with Crippen LogP contribution in [0.3, 0.4) is 0 Å². The zero-order valence-corrected chi connectivity index (χ0v) is 21.2. The van der Waals surface area contributed by atoms with Gasteiger partial charge in [0.2, 0.25) is 5.95 Å². The van der Waals surface area contributed by atoms with Gasteiger partial charge in [-0.25, -0.2) is 23.5 Å². The molecule has 0 radical (unpaired) electrons. The second kappa shape index (κ2) is 12.3. The van der Waals surface area contributed by atoms with Gasteiger partial charge in [-0.05, 0) is 62.6 Å². The fourth-order valence-corrected chi connectivity index (χ4v) is 4.61. The van der Waals surface area contributed by atoms with E-state index >= 15 is 0 Å². The molecule has 0 spiro atoms. The summed E-state index contributed by atoms with van der Waals surface area (Å²) < 4.78 is 29.4. The number of carbonyl (C=O) groups excluding carboxylic acids is 1. The molecule has 2 aromatic rings. The quantitative estimate of drug-likeness (QED) is 0.474. The maximum atomic E-state index is 14.8. The number of amides is 2. The minimum atomic E-state index is -0.708. The van der Waals surface area contributed by atoms with E-state index in [1.54, 1.807) is 6.92 Å². The van der Waals surface area contributed by atoms with Gasteiger partial charge < -0.3 is 25.5 Å². The van der Waals surface area contributed by atoms with E-state index in [4.69, 9.17) is 9.94 Å². The van der Waals surface area contributed by atoms with Crippen LogP contribution >= 0.6 is 0 Å². The van der Waals surface area contributed by atoms with Gasteiger partial charge in [-0.15, -0.1) is 0 Å². The van der Waals surface area contributed by atoms with E-state index in [1.165, 1.54) is 0 Å². The highest BCUT2D eigenvalue weighted by atomic mass is 19.1. The molecule has 1 atom stereocenters. The summed E-state index contributed by atoms with van der Waals surface area (Å²) in [6, 6.07) is 0.958. The Labute approximate surface area is 215 Å². The van der Waals surface area contributed by atoms with Gasteiger partial charge >= 0.3 is 6.03 Å². The Morgan fingerprint density at radius 2 is 1.84 bits per heavy atom. The number of hydrogen-bond donors (Lipinski definition) is 3. The summed E-state index contributed by atoms with van der Waals surface area (Å²) >= 11 is 0. The fourth-order valence-electron chi connectivity index (χ4n) is 4.61. The number of oxime groups is 1. The highest BCUT2D eigenvalue weighted by Crippen LogP contribution is 2.35. The highest BCUT2D eigenvalue weighted by Gasteiger charge is 2.26. The summed E-state index contributed by atoms with van der Waals surface area (Å²) in [6.07, 6.45) is 7.93. The average molecular weight is 517 g/mol. The van der Waals surface area contributed by atoms with Crippen LogP contribution < -0.4 is 15.5 Å². The van der Waals surface area contributed by atoms with E-state index < -0.39 is 23.7 Å². The number of aromatic nitrogens is 2. The van der Waals surface area contributed by atoms with Gasteiger partial charge in [0.1, 0.15) is 17.7 Å². The van der Waals surface area contributed by atoms with Gasteiger partial charge in [-0.1, -0.05) is 5.16 Å². The van der Waals surface area contributed by atoms with Crippen LogP contribution in [0.15, 0.2) is 29.7 Å². The third kappa shape index (κ3) is 7.12. The molecule has 2 aliphatic rings. The maximum Gasteiger partial charge on any atom is 0.319 e. The lowest BCUT2D eigenvalue weighted by atomic mass is 9.83. The fraction of sp³-hybridized carbons (Fsp3) is 0.538. The Bertz CT molecular complexity index is 1100. The molecule has 200 valence electrons. The predicted octanol–water partition coefficient (Wildman–Crippen LogP) is 4.26. The van der Waals surface area contributed by atoms with Crippen molar-refractivity contribution in [2.45, 2.75) is 70.4 Å². The molecular weight excluding hydrogens is 482 g/mol. The van der Waals surface area contributed by atoms with Crippen LogP contribution in [0.4, 0.5) is 25.2 Å². The normalized spacial score (nSPS) is 19.3. The van der Waals surface area contributed by atoms with Crippen molar-refractivity contribution in [3.05, 3.63) is 47.3 Å². The largest absolute Gasteiger partial charge is 0.394 e. The summed E-state index contributed by atoms with van der Waals surface area (Å²) in [5.41, 5.74) is 2.03. The molecule has 0 unspecified atom stereocenters. The van der Waals surface area contributed by atoms with Crippen molar-refractivity contribution < 1.29 is 23.5 Å². The third-order valence-corrected chi connectivity index (χ3v) is 6.81. The highest BCUT2D eigenvalue weighted by molar-refractivity contribution is 5.89. The van der Waals surface area contributed by atoms with E-state index in [2.05, 4.69) is 30.7 Å². The van der Waals surface area contributed by atoms with Crippen LogP contribution in [0, 0.1) is 18.6 Å². The van der Waals surface area contributed by atoms with Gasteiger partial charge in [0.15, 0.2) is 0 Å². The minimum absolute atomic E-state index is 0.0380. The molecule has 1 aliphatic carbocycles. The van der Waals surface area contributed by atoms with Crippen molar-refractivity contribution in [1.82, 2.24) is 15.3 Å². The van der Waals surface area contributed by atoms with Gasteiger partial charge in [0.05, 0.1) is 24.0 Å². The smallest absolute Gasteiger partial charge is 0.319 e. The van der Waals surface area contributed by atoms with Gasteiger partial charge in [-0.2, -0.15) is 0 Å². The molecule has 1 aliphatic heterocycles. The molecule has 1 saturated heterocycles. The molecule has 1 saturated carbocycles. The van der Waals surface area contributed by atoms with Crippen molar-refractivity contribution in [3.63, 3.8) is 0 Å². The van der Waals surface area contributed by atoms with Gasteiger partial charge in [-0.3, -0.25) is 0 Å². The Morgan fingerprint density at radius 3 is 2.49 bits per heavy atom. The molecule has 3 N–H and O–H groups in total. The topological polar surface area (TPSA) is 112 Å². The molecule has 37 heavy (non-hydrogen) atoms. The number of anilines is 2. The van der Waals surface area contributed by atoms with Crippen LogP contribution in [0.5, 0.6) is 0 Å². The molecule has 1 aromatic heterocycles. The van der Waals surface area contributed by atoms with E-state index in [1.807, 2.05) is 19.3 Å². The molecule has 1 aromatic carbocycles. The summed E-state index contributed by atoms with van der Waals surface area (Å²) in [6.45, 7) is 4.90. The lowest BCUT2D eigenvalue weighted by Gasteiger charge is -2.31. The first kappa shape index (κ1) is 26.7. The lowest BCUT2D eigenvalue weighted by molar-refractivity contribution is 0.0406. The van der Waals surface area contributed by atoms with Crippen molar-refractivity contribution in [2.24, 2.45) is 5.16 Å². The number of nitrogens with zero attached hydrogens (tertiary/aromatic N) is 4. The maximum absolute atomic E-state index is 14.8. The van der Waals surface area contributed by atoms with Crippen LogP contribution in [-0.2, 0) is 4.84 Å². The summed E-state index contributed by atoms with van der Waals surface area (Å²) in [7, 11) is 0. The monoisotopic (exact) mass is 516 g/mol. The van der Waals surface area contributed by atoms with E-state index in [0.29, 0.717) is 31.2 Å². The average Bonchev–Trinajstić information content (AvgIpc) is 2.90. The number of rotatable bonds is 7. The third-order valence-electron chi connectivity index (χ3n) is 6.81. The number of benzene rings is 1. The first-order valence-corrected chi connectivity index (χ1v) is 12.7. The van der Waals surface area contributed by atoms with Crippen LogP contribution in [-0.4, -0.2) is 58.7 Å². The van der Waals surface area contributed by atoms with Gasteiger partial charge in [0.25, 0.3) is 0 Å². The summed E-state index contributed by atoms with van der Waals surface area (Å²) in [5.74, 6) is -0.657. The predicted molar refractivity (Wildman–Crippen MR) is 137 cm³/mol. The number of piperidine rings is 1. The zero-order chi connectivity index (χ0) is 26.4. The number of nitrogens with one attached hydrogen (secondary N) is 2. The number of carbonyl (C=O) groups is 1. The lowest BCUT2D eigenvalue weighted by Crippen LogP contribution is -2.38. The number of aliphatic hydroxyl groups is 1. The number of halogens is 2. The van der Waals surface area contributed by atoms with Crippen LogP contribution in [0.2, 0.25) is 0 Å². The van der Waals surface area contributed by atoms with E-state index in [9.17, 15) is 13.6 Å². The molecular formula is C26H34F2N6O3. The Hall–Kier alpha value is -3.34. The van der Waals surface area contributed by atoms with E-state index in [-0.39, 0.29) is 24.3 Å². The standard InChI is InChI=1S/C26H34F2N6O3/c1-16-13-29-25(30-14-16)34-9-7-20(8-10-34)37-33-19-5-3-18(4-6-19)21-11-23(28)24(12-22(21)27)32-26(36)31-17(2)15-35/h11-14,17-18,20,35H,3-10,15H2,1-2H3,(H2,31,32,36)/t17-,18?/m1/s1. The van der Waals surface area contributed by atoms with E-state index in [0.717, 1.165) is 55.3 Å². The number of hydrogen-bond acceptors (Lipinski definition) is 7. The Morgan fingerprint density at radius 1 is 1.16 bits per heavy atom. The van der Waals surface area contributed by atoms with Crippen molar-refractivity contribution in [3.8, 4) is 0 Å². The van der Waals surface area contributed by atoms with Crippen molar-refractivity contribution in [2.75, 3.05) is 29.9 Å². The second-order valence-corrected chi connectivity index (χ2v) is 9.82. The molecule has 2 fully saturated rings. The summed E-state index contributed by atoms with van der Waals surface area (Å²) in [5, 5.41) is 18.1. The molecule has 0 bridgehead atoms. The van der Waals surface area contributed by atoms with Crippen molar-refractivity contribution >= 4 is 23.4 Å². The molecule has 2 amide bonds. The Balaban J connectivity index is 1.25. The van der Waals surface area contributed by atoms with Crippen molar-refractivity contribution in [1.29, 1.82) is 0 Å². The zero-order valence-electron chi connectivity index (χ0n) is 21.2. The first-order valence-electron chi connectivity index (χ1n) is 12.7. The van der Waals surface area contributed by atoms with Crippen LogP contribution in [0.25, 0.3) is 0 Å². The second-order valence-electron chi connectivity index (χ2n) is 9.82. The first-order chi connectivity index (χ1) is 17.8.